The van der Waals surface area contributed by atoms with E-state index in [1.165, 1.54) is 18.2 Å². The molecule has 0 aromatic heterocycles. The highest BCUT2D eigenvalue weighted by atomic mass is 19.4. The fraction of sp³-hybridized carbons (Fsp3) is 0.154. The number of anilines is 1. The maximum atomic E-state index is 14.9. The predicted molar refractivity (Wildman–Crippen MR) is 119 cm³/mol. The maximum absolute atomic E-state index is 14.9. The summed E-state index contributed by atoms with van der Waals surface area (Å²) >= 11 is 0. The topological polar surface area (TPSA) is 57.6 Å². The molecular formula is C26H19F4NO3. The summed E-state index contributed by atoms with van der Waals surface area (Å²) in [7, 11) is 0. The van der Waals surface area contributed by atoms with Crippen molar-refractivity contribution in [2.45, 2.75) is 26.1 Å². The molecule has 0 aliphatic carbocycles. The minimum Gasteiger partial charge on any atom is -0.507 e. The Labute approximate surface area is 192 Å². The molecule has 34 heavy (non-hydrogen) atoms. The maximum Gasteiger partial charge on any atom is 0.416 e. The molecule has 3 aromatic rings. The van der Waals surface area contributed by atoms with Gasteiger partial charge in [0.05, 0.1) is 17.2 Å². The Hall–Kier alpha value is -3.94. The van der Waals surface area contributed by atoms with Gasteiger partial charge < -0.3 is 5.11 Å². The summed E-state index contributed by atoms with van der Waals surface area (Å²) in [5.74, 6) is -3.39. The molecule has 1 heterocycles. The first kappa shape index (κ1) is 23.2. The van der Waals surface area contributed by atoms with E-state index in [4.69, 9.17) is 0 Å². The van der Waals surface area contributed by atoms with E-state index >= 15 is 0 Å². The van der Waals surface area contributed by atoms with Crippen LogP contribution in [0.2, 0.25) is 0 Å². The number of carbonyl (C=O) groups is 2. The monoisotopic (exact) mass is 469 g/mol. The van der Waals surface area contributed by atoms with E-state index in [2.05, 4.69) is 0 Å². The van der Waals surface area contributed by atoms with Crippen molar-refractivity contribution in [2.24, 2.45) is 0 Å². The SMILES string of the molecule is Cc1ccc(/C(O)=C2\C(=O)C(=O)N(c3ccc(C(F)(F)F)cc3)C2c2ccccc2F)cc1C. The summed E-state index contributed by atoms with van der Waals surface area (Å²) < 4.78 is 53.9. The molecular weight excluding hydrogens is 450 g/mol. The average molecular weight is 469 g/mol. The van der Waals surface area contributed by atoms with Gasteiger partial charge in [0.15, 0.2) is 0 Å². The number of aryl methyl sites for hydroxylation is 2. The van der Waals surface area contributed by atoms with Crippen LogP contribution >= 0.6 is 0 Å². The molecule has 8 heteroatoms. The zero-order valence-electron chi connectivity index (χ0n) is 18.2. The number of aliphatic hydroxyl groups is 1. The molecule has 1 aliphatic rings. The Morgan fingerprint density at radius 3 is 2.15 bits per heavy atom. The van der Waals surface area contributed by atoms with Gasteiger partial charge in [-0.3, -0.25) is 14.5 Å². The second-order valence-corrected chi connectivity index (χ2v) is 8.03. The fourth-order valence-corrected chi connectivity index (χ4v) is 3.95. The molecule has 0 saturated carbocycles. The number of halogens is 4. The molecule has 0 radical (unpaired) electrons. The standard InChI is InChI=1S/C26H19F4NO3/c1-14-7-8-16(13-15(14)2)23(32)21-22(19-5-3-4-6-20(19)27)31(25(34)24(21)33)18-11-9-17(10-12-18)26(28,29)30/h3-13,22,32H,1-2H3/b23-21+. The van der Waals surface area contributed by atoms with Gasteiger partial charge in [0.2, 0.25) is 0 Å². The molecule has 0 spiro atoms. The number of alkyl halides is 3. The van der Waals surface area contributed by atoms with E-state index < -0.39 is 41.0 Å². The summed E-state index contributed by atoms with van der Waals surface area (Å²) in [4.78, 5) is 27.0. The number of carbonyl (C=O) groups excluding carboxylic acids is 2. The number of ketones is 1. The number of hydrogen-bond donors (Lipinski definition) is 1. The second-order valence-electron chi connectivity index (χ2n) is 8.03. The van der Waals surface area contributed by atoms with Gasteiger partial charge in [-0.15, -0.1) is 0 Å². The van der Waals surface area contributed by atoms with Crippen LogP contribution in [0.25, 0.3) is 5.76 Å². The number of hydrogen-bond acceptors (Lipinski definition) is 3. The number of nitrogens with zero attached hydrogens (tertiary/aromatic N) is 1. The molecule has 1 saturated heterocycles. The van der Waals surface area contributed by atoms with Crippen molar-refractivity contribution in [1.29, 1.82) is 0 Å². The van der Waals surface area contributed by atoms with Crippen LogP contribution in [0.1, 0.15) is 33.9 Å². The smallest absolute Gasteiger partial charge is 0.416 e. The van der Waals surface area contributed by atoms with Gasteiger partial charge in [-0.1, -0.05) is 30.3 Å². The van der Waals surface area contributed by atoms with Gasteiger partial charge in [-0.2, -0.15) is 13.2 Å². The van der Waals surface area contributed by atoms with Crippen molar-refractivity contribution < 1.29 is 32.3 Å². The number of aliphatic hydroxyl groups excluding tert-OH is 1. The molecule has 0 bridgehead atoms. The molecule has 1 amide bonds. The third-order valence-electron chi connectivity index (χ3n) is 5.90. The quantitative estimate of drug-likeness (QED) is 0.219. The van der Waals surface area contributed by atoms with Gasteiger partial charge in [0.25, 0.3) is 11.7 Å². The lowest BCUT2D eigenvalue weighted by Gasteiger charge is -2.26. The van der Waals surface area contributed by atoms with Gasteiger partial charge in [0, 0.05) is 16.8 Å². The lowest BCUT2D eigenvalue weighted by molar-refractivity contribution is -0.137. The van der Waals surface area contributed by atoms with Gasteiger partial charge in [-0.05, 0) is 61.4 Å². The summed E-state index contributed by atoms with van der Waals surface area (Å²) in [6.45, 7) is 3.67. The van der Waals surface area contributed by atoms with Crippen LogP contribution in [0.4, 0.5) is 23.2 Å². The molecule has 1 atom stereocenters. The highest BCUT2D eigenvalue weighted by Gasteiger charge is 2.48. The molecule has 1 unspecified atom stereocenters. The van der Waals surface area contributed by atoms with E-state index in [1.807, 2.05) is 6.92 Å². The largest absolute Gasteiger partial charge is 0.507 e. The molecule has 174 valence electrons. The van der Waals surface area contributed by atoms with E-state index in [9.17, 15) is 32.3 Å². The van der Waals surface area contributed by atoms with Crippen molar-refractivity contribution in [3.8, 4) is 0 Å². The highest BCUT2D eigenvalue weighted by Crippen LogP contribution is 2.43. The summed E-state index contributed by atoms with van der Waals surface area (Å²) in [5, 5.41) is 11.1. The zero-order valence-corrected chi connectivity index (χ0v) is 18.2. The first-order chi connectivity index (χ1) is 16.0. The summed E-state index contributed by atoms with van der Waals surface area (Å²) in [5.41, 5.74) is 0.615. The van der Waals surface area contributed by atoms with Crippen molar-refractivity contribution in [2.75, 3.05) is 4.90 Å². The van der Waals surface area contributed by atoms with Gasteiger partial charge >= 0.3 is 6.18 Å². The van der Waals surface area contributed by atoms with Crippen molar-refractivity contribution in [1.82, 2.24) is 0 Å². The van der Waals surface area contributed by atoms with Crippen molar-refractivity contribution >= 4 is 23.1 Å². The lowest BCUT2D eigenvalue weighted by atomic mass is 9.94. The molecule has 4 nitrogen and oxygen atoms in total. The van der Waals surface area contributed by atoms with E-state index in [1.54, 1.807) is 25.1 Å². The van der Waals surface area contributed by atoms with E-state index in [-0.39, 0.29) is 22.4 Å². The van der Waals surface area contributed by atoms with Crippen LogP contribution in [0.3, 0.4) is 0 Å². The predicted octanol–water partition coefficient (Wildman–Crippen LogP) is 6.09. The molecule has 4 rings (SSSR count). The number of Topliss-reactive ketones (excluding diaryl/α,β-unsaturated/α-hetero) is 1. The first-order valence-electron chi connectivity index (χ1n) is 10.3. The van der Waals surface area contributed by atoms with Crippen molar-refractivity contribution in [3.63, 3.8) is 0 Å². The lowest BCUT2D eigenvalue weighted by Crippen LogP contribution is -2.30. The molecule has 1 N–H and O–H groups in total. The molecule has 1 fully saturated rings. The molecule has 1 aliphatic heterocycles. The van der Waals surface area contributed by atoms with Crippen LogP contribution in [-0.4, -0.2) is 16.8 Å². The van der Waals surface area contributed by atoms with E-state index in [0.717, 1.165) is 46.4 Å². The van der Waals surface area contributed by atoms with Gasteiger partial charge in [-0.25, -0.2) is 4.39 Å². The first-order valence-corrected chi connectivity index (χ1v) is 10.3. The second kappa shape index (κ2) is 8.44. The highest BCUT2D eigenvalue weighted by molar-refractivity contribution is 6.51. The average Bonchev–Trinajstić information content (AvgIpc) is 3.05. The van der Waals surface area contributed by atoms with Crippen LogP contribution < -0.4 is 4.90 Å². The minimum atomic E-state index is -4.60. The Morgan fingerprint density at radius 1 is 0.912 bits per heavy atom. The Bertz CT molecular complexity index is 1330. The third kappa shape index (κ3) is 3.96. The fourth-order valence-electron chi connectivity index (χ4n) is 3.95. The Balaban J connectivity index is 1.93. The summed E-state index contributed by atoms with van der Waals surface area (Å²) in [6.07, 6.45) is -4.60. The Morgan fingerprint density at radius 2 is 1.56 bits per heavy atom. The summed E-state index contributed by atoms with van der Waals surface area (Å²) in [6, 6.07) is 12.6. The number of rotatable bonds is 3. The number of benzene rings is 3. The minimum absolute atomic E-state index is 0.0394. The van der Waals surface area contributed by atoms with Crippen LogP contribution in [-0.2, 0) is 15.8 Å². The van der Waals surface area contributed by atoms with Crippen molar-refractivity contribution in [3.05, 3.63) is 106 Å². The van der Waals surface area contributed by atoms with Gasteiger partial charge in [0.1, 0.15) is 11.6 Å². The normalized spacial score (nSPS) is 17.9. The van der Waals surface area contributed by atoms with Crippen LogP contribution in [0.15, 0.2) is 72.3 Å². The van der Waals surface area contributed by atoms with Crippen LogP contribution in [0.5, 0.6) is 0 Å². The molecule has 3 aromatic carbocycles. The Kier molecular flexibility index (Phi) is 5.77. The van der Waals surface area contributed by atoms with E-state index in [0.29, 0.717) is 0 Å². The zero-order chi connectivity index (χ0) is 24.8. The number of amides is 1. The third-order valence-corrected chi connectivity index (χ3v) is 5.90. The van der Waals surface area contributed by atoms with Crippen LogP contribution in [0, 0.1) is 19.7 Å².